The summed E-state index contributed by atoms with van der Waals surface area (Å²) in [5.41, 5.74) is 8.19. The topological polar surface area (TPSA) is 80.9 Å². The van der Waals surface area contributed by atoms with Crippen LogP contribution in [0.15, 0.2) is 54.2 Å². The highest BCUT2D eigenvalue weighted by atomic mass is 32.1. The van der Waals surface area contributed by atoms with Crippen LogP contribution in [0, 0.1) is 0 Å². The normalized spacial score (nSPS) is 10.3. The highest BCUT2D eigenvalue weighted by molar-refractivity contribution is 7.14. The fraction of sp³-hybridized carbons (Fsp3) is 0. The molecular weight excluding hydrogens is 284 g/mol. The van der Waals surface area contributed by atoms with Crippen LogP contribution in [0.25, 0.3) is 11.3 Å². The smallest absolute Gasteiger partial charge is 0.249 e. The van der Waals surface area contributed by atoms with Crippen molar-refractivity contribution < 1.29 is 4.79 Å². The third-order valence-electron chi connectivity index (χ3n) is 2.89. The Hall–Kier alpha value is -2.73. The van der Waals surface area contributed by atoms with E-state index in [1.807, 2.05) is 29.6 Å². The van der Waals surface area contributed by atoms with Crippen molar-refractivity contribution in [1.29, 1.82) is 0 Å². The molecule has 0 unspecified atom stereocenters. The van der Waals surface area contributed by atoms with Gasteiger partial charge in [0, 0.05) is 22.7 Å². The van der Waals surface area contributed by atoms with Gasteiger partial charge in [-0.25, -0.2) is 4.98 Å². The molecule has 0 fully saturated rings. The fourth-order valence-corrected chi connectivity index (χ4v) is 2.67. The number of primary amides is 1. The predicted molar refractivity (Wildman–Crippen MR) is 83.6 cm³/mol. The summed E-state index contributed by atoms with van der Waals surface area (Å²) in [6.45, 7) is 0. The van der Waals surface area contributed by atoms with E-state index in [1.165, 1.54) is 11.3 Å². The number of carbonyl (C=O) groups excluding carboxylic acids is 1. The molecule has 2 heterocycles. The Balaban J connectivity index is 1.90. The monoisotopic (exact) mass is 296 g/mol. The zero-order chi connectivity index (χ0) is 14.7. The molecule has 3 N–H and O–H groups in total. The summed E-state index contributed by atoms with van der Waals surface area (Å²) in [5, 5.41) is 5.79. The zero-order valence-corrected chi connectivity index (χ0v) is 11.8. The number of rotatable bonds is 4. The van der Waals surface area contributed by atoms with Gasteiger partial charge in [-0.1, -0.05) is 18.2 Å². The number of anilines is 2. The van der Waals surface area contributed by atoms with Gasteiger partial charge in [-0.2, -0.15) is 0 Å². The van der Waals surface area contributed by atoms with Gasteiger partial charge in [-0.3, -0.25) is 9.78 Å². The Morgan fingerprint density at radius 3 is 2.81 bits per heavy atom. The second-order valence-electron chi connectivity index (χ2n) is 4.31. The Bertz CT molecular complexity index is 770. The van der Waals surface area contributed by atoms with E-state index in [9.17, 15) is 4.79 Å². The largest absolute Gasteiger partial charge is 0.366 e. The van der Waals surface area contributed by atoms with Crippen LogP contribution in [-0.2, 0) is 0 Å². The summed E-state index contributed by atoms with van der Waals surface area (Å²) >= 11 is 1.46. The number of nitrogens with zero attached hydrogens (tertiary/aromatic N) is 2. The third kappa shape index (κ3) is 2.90. The van der Waals surface area contributed by atoms with Crippen LogP contribution in [0.4, 0.5) is 10.8 Å². The van der Waals surface area contributed by atoms with E-state index in [0.717, 1.165) is 22.1 Å². The number of carbonyl (C=O) groups is 1. The molecule has 1 amide bonds. The lowest BCUT2D eigenvalue weighted by atomic mass is 10.1. The van der Waals surface area contributed by atoms with E-state index < -0.39 is 5.91 Å². The van der Waals surface area contributed by atoms with E-state index in [1.54, 1.807) is 24.5 Å². The molecule has 3 aromatic rings. The summed E-state index contributed by atoms with van der Waals surface area (Å²) < 4.78 is 0. The van der Waals surface area contributed by atoms with Crippen molar-refractivity contribution in [2.75, 3.05) is 5.32 Å². The Morgan fingerprint density at radius 1 is 1.19 bits per heavy atom. The third-order valence-corrected chi connectivity index (χ3v) is 3.64. The molecule has 0 saturated carbocycles. The predicted octanol–water partition coefficient (Wildman–Crippen LogP) is 3.05. The van der Waals surface area contributed by atoms with Gasteiger partial charge in [0.25, 0.3) is 0 Å². The number of amides is 1. The molecule has 104 valence electrons. The van der Waals surface area contributed by atoms with Gasteiger partial charge in [0.05, 0.1) is 17.6 Å². The molecule has 21 heavy (non-hydrogen) atoms. The molecule has 3 rings (SSSR count). The van der Waals surface area contributed by atoms with Crippen LogP contribution in [0.5, 0.6) is 0 Å². The number of hydrogen-bond donors (Lipinski definition) is 2. The fourth-order valence-electron chi connectivity index (χ4n) is 1.94. The van der Waals surface area contributed by atoms with E-state index in [-0.39, 0.29) is 0 Å². The van der Waals surface area contributed by atoms with E-state index in [0.29, 0.717) is 5.56 Å². The average Bonchev–Trinajstić information content (AvgIpc) is 2.96. The van der Waals surface area contributed by atoms with Crippen molar-refractivity contribution in [2.45, 2.75) is 0 Å². The lowest BCUT2D eigenvalue weighted by molar-refractivity contribution is 0.100. The summed E-state index contributed by atoms with van der Waals surface area (Å²) in [6.07, 6.45) is 3.43. The van der Waals surface area contributed by atoms with Crippen molar-refractivity contribution in [3.63, 3.8) is 0 Å². The summed E-state index contributed by atoms with van der Waals surface area (Å²) in [6, 6.07) is 10.9. The minimum Gasteiger partial charge on any atom is -0.366 e. The number of hydrogen-bond acceptors (Lipinski definition) is 5. The second-order valence-corrected chi connectivity index (χ2v) is 5.17. The van der Waals surface area contributed by atoms with E-state index in [4.69, 9.17) is 5.73 Å². The standard InChI is InChI=1S/C15H12N4OS/c16-14(20)12-6-2-1-5-11(12)13-9-21-15(19-13)18-10-4-3-7-17-8-10/h1-9H,(H2,16,20)(H,18,19). The van der Waals surface area contributed by atoms with Crippen molar-refractivity contribution in [3.05, 3.63) is 59.7 Å². The molecule has 0 saturated heterocycles. The molecule has 0 aliphatic rings. The first kappa shape index (κ1) is 13.3. The van der Waals surface area contributed by atoms with Gasteiger partial charge in [0.15, 0.2) is 5.13 Å². The van der Waals surface area contributed by atoms with Gasteiger partial charge in [0.1, 0.15) is 0 Å². The molecule has 0 aliphatic heterocycles. The van der Waals surface area contributed by atoms with Crippen molar-refractivity contribution >= 4 is 28.1 Å². The van der Waals surface area contributed by atoms with Crippen LogP contribution in [0.3, 0.4) is 0 Å². The molecule has 1 aromatic carbocycles. The SMILES string of the molecule is NC(=O)c1ccccc1-c1csc(Nc2cccnc2)n1. The highest BCUT2D eigenvalue weighted by Gasteiger charge is 2.12. The molecule has 0 spiro atoms. The molecule has 0 radical (unpaired) electrons. The molecular formula is C15H12N4OS. The maximum atomic E-state index is 11.5. The first-order chi connectivity index (χ1) is 10.2. The van der Waals surface area contributed by atoms with E-state index in [2.05, 4.69) is 15.3 Å². The summed E-state index contributed by atoms with van der Waals surface area (Å²) in [5.74, 6) is -0.458. The number of thiazole rings is 1. The average molecular weight is 296 g/mol. The van der Waals surface area contributed by atoms with Gasteiger partial charge in [0.2, 0.25) is 5.91 Å². The minimum absolute atomic E-state index is 0.458. The maximum absolute atomic E-state index is 11.5. The van der Waals surface area contributed by atoms with Crippen LogP contribution >= 0.6 is 11.3 Å². The van der Waals surface area contributed by atoms with Gasteiger partial charge >= 0.3 is 0 Å². The number of aromatic nitrogens is 2. The van der Waals surface area contributed by atoms with Crippen molar-refractivity contribution in [2.24, 2.45) is 5.73 Å². The van der Waals surface area contributed by atoms with Crippen LogP contribution < -0.4 is 11.1 Å². The molecule has 2 aromatic heterocycles. The minimum atomic E-state index is -0.458. The Kier molecular flexibility index (Phi) is 3.61. The van der Waals surface area contributed by atoms with Crippen molar-refractivity contribution in [3.8, 4) is 11.3 Å². The van der Waals surface area contributed by atoms with Crippen LogP contribution in [-0.4, -0.2) is 15.9 Å². The second kappa shape index (κ2) is 5.72. The van der Waals surface area contributed by atoms with E-state index >= 15 is 0 Å². The lowest BCUT2D eigenvalue weighted by Gasteiger charge is -2.03. The van der Waals surface area contributed by atoms with Crippen molar-refractivity contribution in [1.82, 2.24) is 9.97 Å². The zero-order valence-electron chi connectivity index (χ0n) is 11.0. The molecule has 5 nitrogen and oxygen atoms in total. The molecule has 0 bridgehead atoms. The van der Waals surface area contributed by atoms with Crippen LogP contribution in [0.1, 0.15) is 10.4 Å². The Labute approximate surface area is 125 Å². The number of nitrogens with two attached hydrogens (primary N) is 1. The summed E-state index contributed by atoms with van der Waals surface area (Å²) in [7, 11) is 0. The first-order valence-corrected chi connectivity index (χ1v) is 7.14. The summed E-state index contributed by atoms with van der Waals surface area (Å²) in [4.78, 5) is 20.0. The number of pyridine rings is 1. The van der Waals surface area contributed by atoms with Gasteiger partial charge in [-0.05, 0) is 18.2 Å². The lowest BCUT2D eigenvalue weighted by Crippen LogP contribution is -2.12. The Morgan fingerprint density at radius 2 is 2.05 bits per heavy atom. The molecule has 0 aliphatic carbocycles. The molecule has 0 atom stereocenters. The first-order valence-electron chi connectivity index (χ1n) is 6.26. The van der Waals surface area contributed by atoms with Gasteiger partial charge < -0.3 is 11.1 Å². The highest BCUT2D eigenvalue weighted by Crippen LogP contribution is 2.28. The van der Waals surface area contributed by atoms with Crippen LogP contribution in [0.2, 0.25) is 0 Å². The number of nitrogens with one attached hydrogen (secondary N) is 1. The number of benzene rings is 1. The maximum Gasteiger partial charge on any atom is 0.249 e. The molecule has 6 heteroatoms. The van der Waals surface area contributed by atoms with Gasteiger partial charge in [-0.15, -0.1) is 11.3 Å². The quantitative estimate of drug-likeness (QED) is 0.775.